The molecule has 0 aromatic carbocycles. The molecule has 1 aliphatic carbocycles. The molecule has 58 valence electrons. The minimum atomic E-state index is 0.195. The Balaban J connectivity index is 2.33. The Bertz CT molecular complexity index is 112. The number of allylic oxidation sites excluding steroid dienone is 1. The highest BCUT2D eigenvalue weighted by molar-refractivity contribution is 4.92. The lowest BCUT2D eigenvalue weighted by molar-refractivity contribution is 0.138. The summed E-state index contributed by atoms with van der Waals surface area (Å²) in [6.45, 7) is 0. The minimum absolute atomic E-state index is 0.195. The third-order valence-corrected chi connectivity index (χ3v) is 1.92. The first kappa shape index (κ1) is 7.76. The molecule has 0 fully saturated rings. The van der Waals surface area contributed by atoms with Gasteiger partial charge in [0.25, 0.3) is 0 Å². The molecule has 1 aliphatic rings. The van der Waals surface area contributed by atoms with Crippen LogP contribution in [-0.4, -0.2) is 11.2 Å². The second kappa shape index (κ2) is 4.47. The number of rotatable bonds is 1. The van der Waals surface area contributed by atoms with Gasteiger partial charge in [-0.1, -0.05) is 25.0 Å². The second-order valence-corrected chi connectivity index (χ2v) is 2.80. The van der Waals surface area contributed by atoms with E-state index in [1.807, 2.05) is 0 Å². The van der Waals surface area contributed by atoms with E-state index in [0.29, 0.717) is 0 Å². The van der Waals surface area contributed by atoms with Crippen molar-refractivity contribution in [3.63, 3.8) is 0 Å². The predicted octanol–water partition coefficient (Wildman–Crippen LogP) is 1.85. The van der Waals surface area contributed by atoms with Crippen LogP contribution in [0.2, 0.25) is 0 Å². The molecular formula is C8H15NO. The van der Waals surface area contributed by atoms with Crippen LogP contribution in [0.25, 0.3) is 0 Å². The van der Waals surface area contributed by atoms with Gasteiger partial charge in [-0.15, -0.1) is 0 Å². The van der Waals surface area contributed by atoms with Gasteiger partial charge in [-0.3, -0.25) is 0 Å². The van der Waals surface area contributed by atoms with E-state index in [4.69, 9.17) is 5.21 Å². The van der Waals surface area contributed by atoms with Crippen molar-refractivity contribution in [3.8, 4) is 0 Å². The lowest BCUT2D eigenvalue weighted by atomic mass is 10.0. The molecule has 0 aliphatic heterocycles. The summed E-state index contributed by atoms with van der Waals surface area (Å²) < 4.78 is 0. The zero-order valence-corrected chi connectivity index (χ0v) is 6.21. The van der Waals surface area contributed by atoms with Crippen molar-refractivity contribution >= 4 is 0 Å². The molecule has 2 nitrogen and oxygen atoms in total. The Labute approximate surface area is 61.9 Å². The predicted molar refractivity (Wildman–Crippen MR) is 40.9 cm³/mol. The average molecular weight is 141 g/mol. The quantitative estimate of drug-likeness (QED) is 0.431. The summed E-state index contributed by atoms with van der Waals surface area (Å²) in [5, 5.41) is 8.61. The monoisotopic (exact) mass is 141 g/mol. The molecule has 0 radical (unpaired) electrons. The summed E-state index contributed by atoms with van der Waals surface area (Å²) in [4.78, 5) is 0. The van der Waals surface area contributed by atoms with Gasteiger partial charge in [-0.05, 0) is 19.3 Å². The fourth-order valence-electron chi connectivity index (χ4n) is 1.27. The average Bonchev–Trinajstić information content (AvgIpc) is 1.87. The Kier molecular flexibility index (Phi) is 3.47. The second-order valence-electron chi connectivity index (χ2n) is 2.80. The lowest BCUT2D eigenvalue weighted by Gasteiger charge is -2.11. The molecule has 1 unspecified atom stereocenters. The van der Waals surface area contributed by atoms with Crippen molar-refractivity contribution in [2.45, 2.75) is 38.1 Å². The first-order valence-electron chi connectivity index (χ1n) is 4.00. The van der Waals surface area contributed by atoms with Gasteiger partial charge in [-0.25, -0.2) is 0 Å². The maximum Gasteiger partial charge on any atom is 0.0499 e. The molecule has 0 aromatic heterocycles. The molecule has 0 saturated carbocycles. The van der Waals surface area contributed by atoms with Crippen LogP contribution in [0.5, 0.6) is 0 Å². The van der Waals surface area contributed by atoms with Crippen LogP contribution in [0.4, 0.5) is 0 Å². The van der Waals surface area contributed by atoms with Gasteiger partial charge in [0, 0.05) is 6.04 Å². The standard InChI is InChI=1S/C8H15NO/c10-9-8-6-4-2-1-3-5-7-8/h4,6,8-10H,1-3,5,7H2/b6-4-. The Morgan fingerprint density at radius 3 is 3.00 bits per heavy atom. The van der Waals surface area contributed by atoms with Crippen LogP contribution in [0.3, 0.4) is 0 Å². The summed E-state index contributed by atoms with van der Waals surface area (Å²) in [6.07, 6.45) is 10.2. The maximum atomic E-state index is 8.61. The normalized spacial score (nSPS) is 30.7. The SMILES string of the molecule is ONC1/C=C\CCCCC1. The molecular weight excluding hydrogens is 126 g/mol. The fraction of sp³-hybridized carbons (Fsp3) is 0.750. The van der Waals surface area contributed by atoms with Gasteiger partial charge < -0.3 is 5.21 Å². The van der Waals surface area contributed by atoms with Crippen molar-refractivity contribution in [3.05, 3.63) is 12.2 Å². The van der Waals surface area contributed by atoms with Crippen LogP contribution in [0, 0.1) is 0 Å². The Hall–Kier alpha value is -0.340. The van der Waals surface area contributed by atoms with Crippen LogP contribution >= 0.6 is 0 Å². The van der Waals surface area contributed by atoms with E-state index in [2.05, 4.69) is 17.6 Å². The number of hydrogen-bond acceptors (Lipinski definition) is 2. The summed E-state index contributed by atoms with van der Waals surface area (Å²) in [5.74, 6) is 0. The zero-order chi connectivity index (χ0) is 7.23. The van der Waals surface area contributed by atoms with Crippen molar-refractivity contribution in [2.75, 3.05) is 0 Å². The fourth-order valence-corrected chi connectivity index (χ4v) is 1.27. The van der Waals surface area contributed by atoms with Crippen molar-refractivity contribution < 1.29 is 5.21 Å². The van der Waals surface area contributed by atoms with E-state index in [9.17, 15) is 0 Å². The van der Waals surface area contributed by atoms with E-state index < -0.39 is 0 Å². The molecule has 0 aromatic rings. The topological polar surface area (TPSA) is 32.3 Å². The van der Waals surface area contributed by atoms with E-state index >= 15 is 0 Å². The summed E-state index contributed by atoms with van der Waals surface area (Å²) in [5.41, 5.74) is 2.28. The molecule has 0 amide bonds. The molecule has 1 atom stereocenters. The van der Waals surface area contributed by atoms with Gasteiger partial charge >= 0.3 is 0 Å². The molecule has 2 heteroatoms. The smallest absolute Gasteiger partial charge is 0.0499 e. The van der Waals surface area contributed by atoms with Gasteiger partial charge in [0.15, 0.2) is 0 Å². The maximum absolute atomic E-state index is 8.61. The molecule has 10 heavy (non-hydrogen) atoms. The van der Waals surface area contributed by atoms with Gasteiger partial charge in [-0.2, -0.15) is 5.48 Å². The third kappa shape index (κ3) is 2.50. The lowest BCUT2D eigenvalue weighted by Crippen LogP contribution is -2.23. The van der Waals surface area contributed by atoms with E-state index in [1.165, 1.54) is 19.3 Å². The van der Waals surface area contributed by atoms with Crippen LogP contribution in [-0.2, 0) is 0 Å². The van der Waals surface area contributed by atoms with Crippen molar-refractivity contribution in [2.24, 2.45) is 0 Å². The van der Waals surface area contributed by atoms with Gasteiger partial charge in [0.1, 0.15) is 0 Å². The minimum Gasteiger partial charge on any atom is -0.316 e. The summed E-state index contributed by atoms with van der Waals surface area (Å²) in [7, 11) is 0. The third-order valence-electron chi connectivity index (χ3n) is 1.92. The first-order valence-corrected chi connectivity index (χ1v) is 4.00. The van der Waals surface area contributed by atoms with Crippen LogP contribution < -0.4 is 5.48 Å². The number of nitrogens with one attached hydrogen (secondary N) is 1. The number of hydroxylamine groups is 1. The highest BCUT2D eigenvalue weighted by atomic mass is 16.5. The van der Waals surface area contributed by atoms with Crippen LogP contribution in [0.1, 0.15) is 32.1 Å². The molecule has 0 spiro atoms. The van der Waals surface area contributed by atoms with Crippen LogP contribution in [0.15, 0.2) is 12.2 Å². The highest BCUT2D eigenvalue weighted by Gasteiger charge is 2.03. The van der Waals surface area contributed by atoms with E-state index in [0.717, 1.165) is 12.8 Å². The molecule has 0 heterocycles. The largest absolute Gasteiger partial charge is 0.316 e. The molecule has 1 rings (SSSR count). The van der Waals surface area contributed by atoms with E-state index in [1.54, 1.807) is 0 Å². The molecule has 2 N–H and O–H groups in total. The molecule has 0 bridgehead atoms. The van der Waals surface area contributed by atoms with Crippen molar-refractivity contribution in [1.82, 2.24) is 5.48 Å². The molecule has 0 saturated heterocycles. The van der Waals surface area contributed by atoms with E-state index in [-0.39, 0.29) is 6.04 Å². The summed E-state index contributed by atoms with van der Waals surface area (Å²) in [6, 6.07) is 0.195. The highest BCUT2D eigenvalue weighted by Crippen LogP contribution is 2.10. The Morgan fingerprint density at radius 2 is 2.20 bits per heavy atom. The van der Waals surface area contributed by atoms with Gasteiger partial charge in [0.2, 0.25) is 0 Å². The van der Waals surface area contributed by atoms with Gasteiger partial charge in [0.05, 0.1) is 0 Å². The van der Waals surface area contributed by atoms with Crippen molar-refractivity contribution in [1.29, 1.82) is 0 Å². The zero-order valence-electron chi connectivity index (χ0n) is 6.21. The summed E-state index contributed by atoms with van der Waals surface area (Å²) >= 11 is 0. The Morgan fingerprint density at radius 1 is 1.30 bits per heavy atom. The first-order chi connectivity index (χ1) is 4.93. The number of hydrogen-bond donors (Lipinski definition) is 2.